The average molecular weight is 470 g/mol. The van der Waals surface area contributed by atoms with Gasteiger partial charge in [-0.25, -0.2) is 9.97 Å². The number of piperazine rings is 1. The zero-order valence-corrected chi connectivity index (χ0v) is 20.1. The molecule has 1 atom stereocenters. The second-order valence-electron chi connectivity index (χ2n) is 8.73. The van der Waals surface area contributed by atoms with E-state index in [1.54, 1.807) is 6.33 Å². The standard InChI is InChI=1S/C24H28ClN5OS/c1-16-6-3-4-9-30(16)22-20-17(2)21(32-23(20)27-15-26-22)24(31)29-12-10-28(11-13-29)19-8-5-7-18(25)14-19/h5,7-8,14-16H,3-4,6,9-13H2,1-2H3/t16-/m0/s1. The highest BCUT2D eigenvalue weighted by Gasteiger charge is 2.29. The molecule has 5 rings (SSSR count). The molecule has 2 fully saturated rings. The van der Waals surface area contributed by atoms with E-state index < -0.39 is 0 Å². The number of benzene rings is 1. The Kier molecular flexibility index (Phi) is 5.95. The lowest BCUT2D eigenvalue weighted by molar-refractivity contribution is 0.0751. The van der Waals surface area contributed by atoms with Crippen LogP contribution in [0.25, 0.3) is 10.2 Å². The van der Waals surface area contributed by atoms with Gasteiger partial charge in [0, 0.05) is 49.5 Å². The van der Waals surface area contributed by atoms with Crippen LogP contribution in [-0.2, 0) is 0 Å². The molecule has 2 aliphatic rings. The van der Waals surface area contributed by atoms with Crippen molar-refractivity contribution in [1.29, 1.82) is 0 Å². The molecular weight excluding hydrogens is 442 g/mol. The summed E-state index contributed by atoms with van der Waals surface area (Å²) in [6, 6.07) is 8.37. The van der Waals surface area contributed by atoms with Gasteiger partial charge in [0.2, 0.25) is 0 Å². The summed E-state index contributed by atoms with van der Waals surface area (Å²) < 4.78 is 0. The normalized spacial score (nSPS) is 19.6. The Morgan fingerprint density at radius 2 is 1.94 bits per heavy atom. The van der Waals surface area contributed by atoms with Gasteiger partial charge in [-0.1, -0.05) is 17.7 Å². The average Bonchev–Trinajstić information content (AvgIpc) is 3.16. The van der Waals surface area contributed by atoms with E-state index in [-0.39, 0.29) is 5.91 Å². The first kappa shape index (κ1) is 21.5. The predicted octanol–water partition coefficient (Wildman–Crippen LogP) is 4.99. The van der Waals surface area contributed by atoms with Crippen LogP contribution < -0.4 is 9.80 Å². The van der Waals surface area contributed by atoms with Gasteiger partial charge in [-0.3, -0.25) is 4.79 Å². The Hall–Kier alpha value is -2.38. The number of aryl methyl sites for hydroxylation is 1. The van der Waals surface area contributed by atoms with Crippen LogP contribution >= 0.6 is 22.9 Å². The minimum Gasteiger partial charge on any atom is -0.368 e. The molecular formula is C24H28ClN5OS. The molecule has 2 aliphatic heterocycles. The van der Waals surface area contributed by atoms with Gasteiger partial charge in [-0.15, -0.1) is 11.3 Å². The van der Waals surface area contributed by atoms with E-state index in [9.17, 15) is 4.79 Å². The number of anilines is 2. The van der Waals surface area contributed by atoms with Crippen molar-refractivity contribution in [3.63, 3.8) is 0 Å². The molecule has 168 valence electrons. The van der Waals surface area contributed by atoms with Crippen molar-refractivity contribution in [3.8, 4) is 0 Å². The van der Waals surface area contributed by atoms with Crippen molar-refractivity contribution in [2.75, 3.05) is 42.5 Å². The molecule has 1 aromatic carbocycles. The monoisotopic (exact) mass is 469 g/mol. The van der Waals surface area contributed by atoms with E-state index in [4.69, 9.17) is 11.6 Å². The zero-order valence-electron chi connectivity index (χ0n) is 18.6. The van der Waals surface area contributed by atoms with E-state index in [0.717, 1.165) is 56.8 Å². The molecule has 0 radical (unpaired) electrons. The Morgan fingerprint density at radius 1 is 1.12 bits per heavy atom. The molecule has 8 heteroatoms. The Balaban J connectivity index is 1.38. The molecule has 32 heavy (non-hydrogen) atoms. The van der Waals surface area contributed by atoms with Crippen molar-refractivity contribution in [2.45, 2.75) is 39.2 Å². The Bertz CT molecular complexity index is 1140. The summed E-state index contributed by atoms with van der Waals surface area (Å²) in [4.78, 5) is 31.0. The number of aromatic nitrogens is 2. The zero-order chi connectivity index (χ0) is 22.2. The quantitative estimate of drug-likeness (QED) is 0.540. The third-order valence-corrected chi connectivity index (χ3v) is 8.14. The van der Waals surface area contributed by atoms with Crippen LogP contribution in [0, 0.1) is 6.92 Å². The van der Waals surface area contributed by atoms with E-state index in [1.165, 1.54) is 30.6 Å². The number of hydrogen-bond acceptors (Lipinski definition) is 6. The van der Waals surface area contributed by atoms with Crippen molar-refractivity contribution in [1.82, 2.24) is 14.9 Å². The summed E-state index contributed by atoms with van der Waals surface area (Å²) in [7, 11) is 0. The van der Waals surface area contributed by atoms with Gasteiger partial charge in [0.05, 0.1) is 10.3 Å². The molecule has 3 aromatic rings. The summed E-state index contributed by atoms with van der Waals surface area (Å²) in [6.07, 6.45) is 5.27. The first-order chi connectivity index (χ1) is 15.5. The molecule has 0 aliphatic carbocycles. The molecule has 2 saturated heterocycles. The van der Waals surface area contributed by atoms with Crippen molar-refractivity contribution < 1.29 is 4.79 Å². The smallest absolute Gasteiger partial charge is 0.264 e. The summed E-state index contributed by atoms with van der Waals surface area (Å²) in [6.45, 7) is 8.31. The van der Waals surface area contributed by atoms with E-state index >= 15 is 0 Å². The fourth-order valence-corrected chi connectivity index (χ4v) is 6.17. The van der Waals surface area contributed by atoms with Gasteiger partial charge in [0.1, 0.15) is 17.0 Å². The maximum Gasteiger partial charge on any atom is 0.264 e. The van der Waals surface area contributed by atoms with Gasteiger partial charge in [0.15, 0.2) is 0 Å². The van der Waals surface area contributed by atoms with Gasteiger partial charge < -0.3 is 14.7 Å². The lowest BCUT2D eigenvalue weighted by Gasteiger charge is -2.36. The van der Waals surface area contributed by atoms with Crippen molar-refractivity contribution >= 4 is 50.6 Å². The minimum absolute atomic E-state index is 0.105. The van der Waals surface area contributed by atoms with E-state index in [1.807, 2.05) is 23.1 Å². The lowest BCUT2D eigenvalue weighted by Crippen LogP contribution is -2.48. The molecule has 0 unspecified atom stereocenters. The molecule has 0 bridgehead atoms. The van der Waals surface area contributed by atoms with E-state index in [2.05, 4.69) is 39.7 Å². The first-order valence-corrected chi connectivity index (χ1v) is 12.5. The number of rotatable bonds is 3. The van der Waals surface area contributed by atoms with Crippen LogP contribution in [0.1, 0.15) is 41.4 Å². The molecule has 0 spiro atoms. The van der Waals surface area contributed by atoms with Crippen LogP contribution in [-0.4, -0.2) is 59.5 Å². The van der Waals surface area contributed by atoms with Crippen molar-refractivity contribution in [3.05, 3.63) is 46.1 Å². The van der Waals surface area contributed by atoms with Gasteiger partial charge >= 0.3 is 0 Å². The highest BCUT2D eigenvalue weighted by Crippen LogP contribution is 2.37. The Morgan fingerprint density at radius 3 is 2.69 bits per heavy atom. The number of carbonyl (C=O) groups is 1. The third-order valence-electron chi connectivity index (χ3n) is 6.72. The molecule has 2 aromatic heterocycles. The largest absolute Gasteiger partial charge is 0.368 e. The second-order valence-corrected chi connectivity index (χ2v) is 10.2. The third kappa shape index (κ3) is 3.92. The van der Waals surface area contributed by atoms with E-state index in [0.29, 0.717) is 19.1 Å². The fraction of sp³-hybridized carbons (Fsp3) is 0.458. The van der Waals surface area contributed by atoms with Crippen LogP contribution in [0.3, 0.4) is 0 Å². The van der Waals surface area contributed by atoms with Gasteiger partial charge in [-0.2, -0.15) is 0 Å². The fourth-order valence-electron chi connectivity index (χ4n) is 4.87. The first-order valence-electron chi connectivity index (χ1n) is 11.3. The van der Waals surface area contributed by atoms with Crippen LogP contribution in [0.15, 0.2) is 30.6 Å². The van der Waals surface area contributed by atoms with Gasteiger partial charge in [-0.05, 0) is 56.9 Å². The number of nitrogens with zero attached hydrogens (tertiary/aromatic N) is 5. The molecule has 4 heterocycles. The van der Waals surface area contributed by atoms with Crippen molar-refractivity contribution in [2.24, 2.45) is 0 Å². The molecule has 0 N–H and O–H groups in total. The number of halogens is 1. The molecule has 6 nitrogen and oxygen atoms in total. The topological polar surface area (TPSA) is 52.6 Å². The summed E-state index contributed by atoms with van der Waals surface area (Å²) in [5, 5.41) is 1.79. The summed E-state index contributed by atoms with van der Waals surface area (Å²) in [5.41, 5.74) is 2.12. The van der Waals surface area contributed by atoms with Crippen LogP contribution in [0.4, 0.5) is 11.5 Å². The molecule has 0 saturated carbocycles. The van der Waals surface area contributed by atoms with Crippen LogP contribution in [0.2, 0.25) is 5.02 Å². The number of amides is 1. The number of fused-ring (bicyclic) bond motifs is 1. The number of carbonyl (C=O) groups excluding carboxylic acids is 1. The lowest BCUT2D eigenvalue weighted by atomic mass is 10.0. The molecule has 1 amide bonds. The summed E-state index contributed by atoms with van der Waals surface area (Å²) in [5.74, 6) is 1.09. The number of hydrogen-bond donors (Lipinski definition) is 0. The SMILES string of the molecule is Cc1c(C(=O)N2CCN(c3cccc(Cl)c3)CC2)sc2ncnc(N3CCCC[C@@H]3C)c12. The highest BCUT2D eigenvalue weighted by molar-refractivity contribution is 7.20. The Labute approximate surface area is 197 Å². The maximum atomic E-state index is 13.5. The minimum atomic E-state index is 0.105. The predicted molar refractivity (Wildman–Crippen MR) is 132 cm³/mol. The second kappa shape index (κ2) is 8.87. The number of thiophene rings is 1. The maximum absolute atomic E-state index is 13.5. The van der Waals surface area contributed by atoms with Crippen LogP contribution in [0.5, 0.6) is 0 Å². The number of piperidine rings is 1. The highest BCUT2D eigenvalue weighted by atomic mass is 35.5. The summed E-state index contributed by atoms with van der Waals surface area (Å²) >= 11 is 7.66. The van der Waals surface area contributed by atoms with Gasteiger partial charge in [0.25, 0.3) is 5.91 Å².